The minimum Gasteiger partial charge on any atom is -0.365 e. The Bertz CT molecular complexity index is 711. The number of hydrogen-bond acceptors (Lipinski definition) is 5. The monoisotopic (exact) mass is 315 g/mol. The van der Waals surface area contributed by atoms with E-state index >= 15 is 0 Å². The van der Waals surface area contributed by atoms with E-state index in [1.54, 1.807) is 18.2 Å². The summed E-state index contributed by atoms with van der Waals surface area (Å²) < 4.78 is 11.9. The van der Waals surface area contributed by atoms with Crippen LogP contribution in [-0.2, 0) is 14.3 Å². The normalized spacial score (nSPS) is 29.9. The molecule has 1 fully saturated rings. The van der Waals surface area contributed by atoms with Crippen LogP contribution in [0.1, 0.15) is 18.9 Å². The van der Waals surface area contributed by atoms with Gasteiger partial charge >= 0.3 is 0 Å². The Kier molecular flexibility index (Phi) is 3.87. The molecule has 0 saturated carbocycles. The molecule has 0 unspecified atom stereocenters. The minimum atomic E-state index is -0.618. The van der Waals surface area contributed by atoms with Gasteiger partial charge in [0.15, 0.2) is 5.78 Å². The zero-order valence-electron chi connectivity index (χ0n) is 12.7. The molecule has 1 aliphatic carbocycles. The summed E-state index contributed by atoms with van der Waals surface area (Å²) >= 11 is 0. The van der Waals surface area contributed by atoms with E-state index in [4.69, 9.17) is 9.47 Å². The summed E-state index contributed by atoms with van der Waals surface area (Å²) in [6.45, 7) is 6.16. The topological polar surface area (TPSA) is 78.7 Å². The quantitative estimate of drug-likeness (QED) is 0.633. The number of ether oxygens (including phenoxy) is 2. The molecule has 2 aliphatic rings. The first kappa shape index (κ1) is 15.6. The van der Waals surface area contributed by atoms with Gasteiger partial charge in [-0.05, 0) is 30.2 Å². The van der Waals surface area contributed by atoms with Gasteiger partial charge in [0.1, 0.15) is 11.7 Å². The van der Waals surface area contributed by atoms with Gasteiger partial charge in [-0.25, -0.2) is 0 Å². The Labute approximate surface area is 133 Å². The lowest BCUT2D eigenvalue weighted by Gasteiger charge is -2.44. The van der Waals surface area contributed by atoms with E-state index in [1.165, 1.54) is 18.2 Å². The van der Waals surface area contributed by atoms with Crippen LogP contribution in [0.25, 0.3) is 5.57 Å². The molecular formula is C17H17NO5. The lowest BCUT2D eigenvalue weighted by atomic mass is 9.87. The van der Waals surface area contributed by atoms with E-state index in [0.29, 0.717) is 11.1 Å². The van der Waals surface area contributed by atoms with Gasteiger partial charge in [-0.15, -0.1) is 0 Å². The predicted molar refractivity (Wildman–Crippen MR) is 83.9 cm³/mol. The molecule has 23 heavy (non-hydrogen) atoms. The summed E-state index contributed by atoms with van der Waals surface area (Å²) in [6, 6.07) is 6.25. The summed E-state index contributed by atoms with van der Waals surface area (Å²) in [4.78, 5) is 22.1. The van der Waals surface area contributed by atoms with Crippen molar-refractivity contribution in [1.29, 1.82) is 0 Å². The largest absolute Gasteiger partial charge is 0.365 e. The van der Waals surface area contributed by atoms with Crippen LogP contribution in [0.5, 0.6) is 0 Å². The summed E-state index contributed by atoms with van der Waals surface area (Å²) in [7, 11) is 0. The second-order valence-electron chi connectivity index (χ2n) is 5.94. The molecule has 6 heteroatoms. The van der Waals surface area contributed by atoms with Crippen LogP contribution in [0, 0.1) is 10.1 Å². The number of benzene rings is 1. The highest BCUT2D eigenvalue weighted by molar-refractivity contribution is 5.91. The van der Waals surface area contributed by atoms with Crippen LogP contribution < -0.4 is 0 Å². The van der Waals surface area contributed by atoms with E-state index in [0.717, 1.165) is 0 Å². The average molecular weight is 315 g/mol. The maximum Gasteiger partial charge on any atom is 0.270 e. The number of fused-ring (bicyclic) bond motifs is 1. The van der Waals surface area contributed by atoms with Crippen molar-refractivity contribution in [3.63, 3.8) is 0 Å². The molecule has 1 aromatic carbocycles. The number of nitro groups is 1. The molecule has 0 bridgehead atoms. The molecule has 0 N–H and O–H groups in total. The maximum absolute atomic E-state index is 11.6. The summed E-state index contributed by atoms with van der Waals surface area (Å²) in [5.41, 5.74) is 0.626. The van der Waals surface area contributed by atoms with E-state index in [2.05, 4.69) is 6.58 Å². The number of non-ortho nitro benzene ring substituents is 1. The molecule has 120 valence electrons. The van der Waals surface area contributed by atoms with E-state index in [9.17, 15) is 14.9 Å². The second-order valence-corrected chi connectivity index (χ2v) is 5.94. The summed E-state index contributed by atoms with van der Waals surface area (Å²) in [5.74, 6) is -0.00214. The smallest absolute Gasteiger partial charge is 0.270 e. The summed E-state index contributed by atoms with van der Waals surface area (Å²) in [6.07, 6.45) is 2.69. The Balaban J connectivity index is 1.80. The van der Waals surface area contributed by atoms with Gasteiger partial charge in [-0.3, -0.25) is 14.9 Å². The van der Waals surface area contributed by atoms with Gasteiger partial charge in [0, 0.05) is 18.6 Å². The molecule has 0 amide bonds. The third-order valence-corrected chi connectivity index (χ3v) is 4.32. The van der Waals surface area contributed by atoms with Gasteiger partial charge < -0.3 is 9.47 Å². The van der Waals surface area contributed by atoms with E-state index in [1.807, 2.05) is 6.92 Å². The maximum atomic E-state index is 11.6. The van der Waals surface area contributed by atoms with Crippen molar-refractivity contribution in [2.45, 2.75) is 31.2 Å². The number of rotatable bonds is 3. The van der Waals surface area contributed by atoms with Crippen molar-refractivity contribution in [2.24, 2.45) is 0 Å². The molecule has 1 heterocycles. The van der Waals surface area contributed by atoms with Crippen molar-refractivity contribution in [3.05, 3.63) is 58.7 Å². The van der Waals surface area contributed by atoms with Gasteiger partial charge in [0.2, 0.25) is 0 Å². The highest BCUT2D eigenvalue weighted by Crippen LogP contribution is 2.36. The van der Waals surface area contributed by atoms with Gasteiger partial charge in [-0.2, -0.15) is 0 Å². The molecule has 1 aliphatic heterocycles. The number of nitrogens with zero attached hydrogens (tertiary/aromatic N) is 1. The lowest BCUT2D eigenvalue weighted by molar-refractivity contribution is -0.384. The fourth-order valence-corrected chi connectivity index (χ4v) is 2.82. The molecule has 3 rings (SSSR count). The van der Waals surface area contributed by atoms with Gasteiger partial charge in [0.05, 0.1) is 17.6 Å². The zero-order chi connectivity index (χ0) is 16.6. The fourth-order valence-electron chi connectivity index (χ4n) is 2.82. The molecule has 0 radical (unpaired) electrons. The standard InChI is InChI=1S/C17H17NO5/c1-11(12-4-3-5-13(8-12)18(20)21)15-10-22-17(2)7-6-14(19)9-16(17)23-15/h3-8,15-16H,1,9-10H2,2H3/t15-,16-,17+/m1/s1. The van der Waals surface area contributed by atoms with Crippen molar-refractivity contribution in [3.8, 4) is 0 Å². The first-order valence-corrected chi connectivity index (χ1v) is 7.34. The number of carbonyl (C=O) groups is 1. The number of carbonyl (C=O) groups excluding carboxylic acids is 1. The van der Waals surface area contributed by atoms with Crippen LogP contribution in [0.2, 0.25) is 0 Å². The first-order chi connectivity index (χ1) is 10.9. The van der Waals surface area contributed by atoms with Crippen LogP contribution in [0.15, 0.2) is 43.0 Å². The second kappa shape index (κ2) is 5.72. The number of ketones is 1. The Hall–Kier alpha value is -2.31. The number of hydrogen-bond donors (Lipinski definition) is 0. The Morgan fingerprint density at radius 3 is 3.00 bits per heavy atom. The van der Waals surface area contributed by atoms with E-state index in [-0.39, 0.29) is 30.6 Å². The van der Waals surface area contributed by atoms with Crippen molar-refractivity contribution in [1.82, 2.24) is 0 Å². The summed E-state index contributed by atoms with van der Waals surface area (Å²) in [5, 5.41) is 10.9. The highest BCUT2D eigenvalue weighted by atomic mass is 16.6. The SMILES string of the molecule is C=C(c1cccc([N+](=O)[O-])c1)[C@H]1CO[C@@]2(C)C=CC(=O)C[C@H]2O1. The number of allylic oxidation sites excluding steroid dienone is 1. The van der Waals surface area contributed by atoms with Gasteiger partial charge in [0.25, 0.3) is 5.69 Å². The van der Waals surface area contributed by atoms with E-state index < -0.39 is 16.6 Å². The predicted octanol–water partition coefficient (Wildman–Crippen LogP) is 2.68. The Morgan fingerprint density at radius 2 is 2.26 bits per heavy atom. The lowest BCUT2D eigenvalue weighted by Crippen LogP contribution is -2.53. The van der Waals surface area contributed by atoms with Crippen LogP contribution in [-0.4, -0.2) is 35.1 Å². The highest BCUT2D eigenvalue weighted by Gasteiger charge is 2.44. The molecule has 0 spiro atoms. The van der Waals surface area contributed by atoms with Crippen molar-refractivity contribution in [2.75, 3.05) is 6.61 Å². The zero-order valence-corrected chi connectivity index (χ0v) is 12.7. The molecule has 1 saturated heterocycles. The molecular weight excluding hydrogens is 298 g/mol. The van der Waals surface area contributed by atoms with Gasteiger partial charge in [-0.1, -0.05) is 18.7 Å². The van der Waals surface area contributed by atoms with Crippen LogP contribution >= 0.6 is 0 Å². The third kappa shape index (κ3) is 2.95. The number of nitro benzene ring substituents is 1. The van der Waals surface area contributed by atoms with Crippen molar-refractivity contribution < 1.29 is 19.2 Å². The van der Waals surface area contributed by atoms with Crippen LogP contribution in [0.3, 0.4) is 0 Å². The molecule has 0 aromatic heterocycles. The molecule has 1 aromatic rings. The fraction of sp³-hybridized carbons (Fsp3) is 0.353. The first-order valence-electron chi connectivity index (χ1n) is 7.34. The minimum absolute atomic E-state index is 0.000920. The van der Waals surface area contributed by atoms with Crippen molar-refractivity contribution >= 4 is 17.0 Å². The van der Waals surface area contributed by atoms with Crippen LogP contribution in [0.4, 0.5) is 5.69 Å². The molecule has 6 nitrogen and oxygen atoms in total. The third-order valence-electron chi connectivity index (χ3n) is 4.32. The Morgan fingerprint density at radius 1 is 1.48 bits per heavy atom. The average Bonchev–Trinajstić information content (AvgIpc) is 2.54. The molecule has 3 atom stereocenters.